The number of benzene rings is 2. The topological polar surface area (TPSA) is 76.5 Å². The number of hydrogen-bond acceptors (Lipinski definition) is 5. The van der Waals surface area contributed by atoms with Crippen LogP contribution in [0, 0.1) is 0 Å². The number of aromatic amines is 1. The molecule has 3 heterocycles. The Bertz CT molecular complexity index is 1620. The Balaban J connectivity index is 1.73. The van der Waals surface area contributed by atoms with Crippen molar-refractivity contribution in [1.82, 2.24) is 9.55 Å². The van der Waals surface area contributed by atoms with E-state index in [0.29, 0.717) is 25.6 Å². The molecule has 0 radical (unpaired) electrons. The zero-order valence-corrected chi connectivity index (χ0v) is 20.4. The number of fused-ring (bicyclic) bond motifs is 2. The molecular weight excluding hydrogens is 470 g/mol. The molecule has 0 fully saturated rings. The van der Waals surface area contributed by atoms with Gasteiger partial charge >= 0.3 is 5.97 Å². The van der Waals surface area contributed by atoms with Crippen molar-refractivity contribution in [3.05, 3.63) is 102 Å². The second-order valence-electron chi connectivity index (χ2n) is 8.38. The van der Waals surface area contributed by atoms with Gasteiger partial charge in [0.25, 0.3) is 5.56 Å². The first-order chi connectivity index (χ1) is 16.3. The molecule has 0 bridgehead atoms. The largest absolute Gasteiger partial charge is 0.459 e. The molecule has 1 aliphatic rings. The van der Waals surface area contributed by atoms with Crippen molar-refractivity contribution >= 4 is 45.9 Å². The smallest absolute Gasteiger partial charge is 0.338 e. The van der Waals surface area contributed by atoms with E-state index >= 15 is 0 Å². The summed E-state index contributed by atoms with van der Waals surface area (Å²) in [5.74, 6) is -0.484. The Labute approximate surface area is 204 Å². The van der Waals surface area contributed by atoms with Crippen molar-refractivity contribution in [2.75, 3.05) is 0 Å². The highest BCUT2D eigenvalue weighted by atomic mass is 35.5. The van der Waals surface area contributed by atoms with Crippen molar-refractivity contribution in [3.63, 3.8) is 0 Å². The molecule has 0 amide bonds. The summed E-state index contributed by atoms with van der Waals surface area (Å²) in [4.78, 5) is 35.2. The number of thiazole rings is 1. The summed E-state index contributed by atoms with van der Waals surface area (Å²) in [6, 6.07) is 14.4. The second-order valence-corrected chi connectivity index (χ2v) is 9.82. The first-order valence-corrected chi connectivity index (χ1v) is 12.1. The minimum Gasteiger partial charge on any atom is -0.459 e. The van der Waals surface area contributed by atoms with E-state index in [4.69, 9.17) is 16.3 Å². The summed E-state index contributed by atoms with van der Waals surface area (Å²) in [5.41, 5.74) is 3.34. The lowest BCUT2D eigenvalue weighted by atomic mass is 9.96. The maximum Gasteiger partial charge on any atom is 0.338 e. The lowest BCUT2D eigenvalue weighted by Gasteiger charge is -2.25. The van der Waals surface area contributed by atoms with E-state index in [1.54, 1.807) is 37.5 Å². The maximum absolute atomic E-state index is 13.7. The first-order valence-electron chi connectivity index (χ1n) is 10.9. The molecule has 1 atom stereocenters. The number of H-pyrrole nitrogens is 1. The van der Waals surface area contributed by atoms with E-state index in [0.717, 1.165) is 22.0 Å². The number of nitrogens with one attached hydrogen (secondary N) is 1. The number of halogens is 1. The Morgan fingerprint density at radius 2 is 1.94 bits per heavy atom. The minimum atomic E-state index is -0.662. The van der Waals surface area contributed by atoms with Crippen molar-refractivity contribution in [2.24, 2.45) is 4.99 Å². The lowest BCUT2D eigenvalue weighted by Crippen LogP contribution is -2.40. The fourth-order valence-corrected chi connectivity index (χ4v) is 5.34. The maximum atomic E-state index is 13.7. The van der Waals surface area contributed by atoms with Gasteiger partial charge in [-0.1, -0.05) is 53.3 Å². The third-order valence-corrected chi connectivity index (χ3v) is 6.91. The monoisotopic (exact) mass is 491 g/mol. The van der Waals surface area contributed by atoms with Crippen molar-refractivity contribution in [1.29, 1.82) is 0 Å². The molecule has 34 heavy (non-hydrogen) atoms. The van der Waals surface area contributed by atoms with Gasteiger partial charge < -0.3 is 9.72 Å². The average molecular weight is 492 g/mol. The van der Waals surface area contributed by atoms with Gasteiger partial charge in [0.05, 0.1) is 27.9 Å². The van der Waals surface area contributed by atoms with E-state index in [-0.39, 0.29) is 11.7 Å². The van der Waals surface area contributed by atoms with Gasteiger partial charge in [0, 0.05) is 27.7 Å². The number of rotatable bonds is 4. The summed E-state index contributed by atoms with van der Waals surface area (Å²) >= 11 is 7.42. The van der Waals surface area contributed by atoms with E-state index in [9.17, 15) is 9.59 Å². The molecule has 0 unspecified atom stereocenters. The summed E-state index contributed by atoms with van der Waals surface area (Å²) in [6.07, 6.45) is 3.45. The molecule has 172 valence electrons. The van der Waals surface area contributed by atoms with Gasteiger partial charge in [0.1, 0.15) is 0 Å². The number of carbonyl (C=O) groups excluding carboxylic acids is 1. The number of aromatic nitrogens is 2. The van der Waals surface area contributed by atoms with Crippen LogP contribution in [0.4, 0.5) is 0 Å². The van der Waals surface area contributed by atoms with Crippen LogP contribution in [0.15, 0.2) is 75.8 Å². The van der Waals surface area contributed by atoms with Crippen LogP contribution in [0.1, 0.15) is 37.9 Å². The first kappa shape index (κ1) is 22.4. The van der Waals surface area contributed by atoms with Gasteiger partial charge in [0.15, 0.2) is 4.80 Å². The summed E-state index contributed by atoms with van der Waals surface area (Å²) < 4.78 is 7.64. The van der Waals surface area contributed by atoms with Gasteiger partial charge in [0.2, 0.25) is 0 Å². The van der Waals surface area contributed by atoms with Crippen molar-refractivity contribution in [2.45, 2.75) is 32.9 Å². The van der Waals surface area contributed by atoms with Gasteiger partial charge in [-0.3, -0.25) is 9.36 Å². The zero-order valence-electron chi connectivity index (χ0n) is 18.8. The molecule has 1 N–H and O–H groups in total. The fourth-order valence-electron chi connectivity index (χ4n) is 4.18. The van der Waals surface area contributed by atoms with E-state index < -0.39 is 12.0 Å². The standard InChI is InChI=1S/C26H22ClN3O3S/c1-14(2)33-25(32)22-15(3)29-26-30(23(22)16-8-10-18(27)11-9-16)24(31)21(34-26)12-17-13-28-20-7-5-4-6-19(17)20/h4-14,23,28H,1-3H3/b21-12-/t23-/m0/s1. The van der Waals surface area contributed by atoms with Gasteiger partial charge in [-0.2, -0.15) is 0 Å². The molecule has 2 aromatic carbocycles. The Kier molecular flexibility index (Phi) is 5.75. The van der Waals surface area contributed by atoms with Crippen LogP contribution in [0.5, 0.6) is 0 Å². The summed E-state index contributed by atoms with van der Waals surface area (Å²) in [5, 5.41) is 1.60. The lowest BCUT2D eigenvalue weighted by molar-refractivity contribution is -0.143. The highest BCUT2D eigenvalue weighted by molar-refractivity contribution is 7.07. The number of nitrogens with zero attached hydrogens (tertiary/aromatic N) is 2. The van der Waals surface area contributed by atoms with Crippen LogP contribution in [0.25, 0.3) is 17.0 Å². The molecule has 0 aliphatic carbocycles. The average Bonchev–Trinajstić information content (AvgIpc) is 3.34. The van der Waals surface area contributed by atoms with Crippen LogP contribution in [-0.4, -0.2) is 21.6 Å². The van der Waals surface area contributed by atoms with Crippen LogP contribution in [-0.2, 0) is 9.53 Å². The molecule has 0 saturated heterocycles. The molecule has 0 saturated carbocycles. The SMILES string of the molecule is CC1=C(C(=O)OC(C)C)[C@H](c2ccc(Cl)cc2)n2c(s/c(=C\c3c[nH]c4ccccc34)c2=O)=N1. The van der Waals surface area contributed by atoms with Gasteiger partial charge in [-0.25, -0.2) is 9.79 Å². The Hall–Kier alpha value is -3.42. The number of allylic oxidation sites excluding steroid dienone is 1. The summed E-state index contributed by atoms with van der Waals surface area (Å²) in [7, 11) is 0. The highest BCUT2D eigenvalue weighted by Gasteiger charge is 2.33. The van der Waals surface area contributed by atoms with E-state index in [2.05, 4.69) is 9.98 Å². The molecule has 8 heteroatoms. The number of carbonyl (C=O) groups is 1. The van der Waals surface area contributed by atoms with Crippen LogP contribution >= 0.6 is 22.9 Å². The molecule has 6 nitrogen and oxygen atoms in total. The predicted molar refractivity (Wildman–Crippen MR) is 135 cm³/mol. The molecule has 1 aliphatic heterocycles. The number of hydrogen-bond donors (Lipinski definition) is 1. The van der Waals surface area contributed by atoms with Crippen LogP contribution < -0.4 is 14.9 Å². The normalized spacial score (nSPS) is 16.1. The zero-order chi connectivity index (χ0) is 24.0. The Morgan fingerprint density at radius 3 is 2.68 bits per heavy atom. The highest BCUT2D eigenvalue weighted by Crippen LogP contribution is 2.31. The predicted octanol–water partition coefficient (Wildman–Crippen LogP) is 4.32. The molecule has 0 spiro atoms. The third kappa shape index (κ3) is 3.91. The van der Waals surface area contributed by atoms with Gasteiger partial charge in [-0.15, -0.1) is 0 Å². The Morgan fingerprint density at radius 1 is 1.21 bits per heavy atom. The van der Waals surface area contributed by atoms with Crippen molar-refractivity contribution < 1.29 is 9.53 Å². The molecule has 2 aromatic heterocycles. The van der Waals surface area contributed by atoms with E-state index in [1.807, 2.05) is 48.7 Å². The number of esters is 1. The number of para-hydroxylation sites is 1. The summed E-state index contributed by atoms with van der Waals surface area (Å²) in [6.45, 7) is 5.36. The molecule has 5 rings (SSSR count). The van der Waals surface area contributed by atoms with Crippen LogP contribution in [0.2, 0.25) is 5.02 Å². The second kappa shape index (κ2) is 8.74. The van der Waals surface area contributed by atoms with Crippen molar-refractivity contribution in [3.8, 4) is 0 Å². The molecular formula is C26H22ClN3O3S. The van der Waals surface area contributed by atoms with Crippen LogP contribution in [0.3, 0.4) is 0 Å². The quantitative estimate of drug-likeness (QED) is 0.432. The van der Waals surface area contributed by atoms with E-state index in [1.165, 1.54) is 11.3 Å². The minimum absolute atomic E-state index is 0.212. The number of ether oxygens (including phenoxy) is 1. The van der Waals surface area contributed by atoms with Gasteiger partial charge in [-0.05, 0) is 50.6 Å². The fraction of sp³-hybridized carbons (Fsp3) is 0.192. The third-order valence-electron chi connectivity index (χ3n) is 5.68. The molecule has 4 aromatic rings.